The van der Waals surface area contributed by atoms with E-state index >= 15 is 0 Å². The summed E-state index contributed by atoms with van der Waals surface area (Å²) in [6.07, 6.45) is 3.16. The van der Waals surface area contributed by atoms with E-state index < -0.39 is 17.8 Å². The third kappa shape index (κ3) is 2.71. The summed E-state index contributed by atoms with van der Waals surface area (Å²) in [6.45, 7) is 10.3. The molecule has 4 unspecified atom stereocenters. The molecule has 0 aliphatic carbocycles. The number of esters is 1. The number of hydrogen-bond acceptors (Lipinski definition) is 5. The van der Waals surface area contributed by atoms with Gasteiger partial charge in [0.1, 0.15) is 18.1 Å². The fraction of sp³-hybridized carbons (Fsp3) is 0.500. The number of ketones is 1. The number of fused-ring (bicyclic) bond motifs is 1. The highest BCUT2D eigenvalue weighted by atomic mass is 16.5. The van der Waals surface area contributed by atoms with E-state index in [0.717, 1.165) is 0 Å². The third-order valence-electron chi connectivity index (χ3n) is 4.88. The Morgan fingerprint density at radius 3 is 2.58 bits per heavy atom. The lowest BCUT2D eigenvalue weighted by molar-refractivity contribution is -0.162. The summed E-state index contributed by atoms with van der Waals surface area (Å²) in [5.74, 6) is -2.12. The van der Waals surface area contributed by atoms with Crippen LogP contribution in [-0.4, -0.2) is 46.9 Å². The van der Waals surface area contributed by atoms with Gasteiger partial charge in [-0.2, -0.15) is 0 Å². The molecule has 1 saturated heterocycles. The molecule has 2 heterocycles. The van der Waals surface area contributed by atoms with Crippen molar-refractivity contribution in [3.63, 3.8) is 0 Å². The molecule has 1 N–H and O–H groups in total. The van der Waals surface area contributed by atoms with Gasteiger partial charge in [0.2, 0.25) is 5.91 Å². The second-order valence-corrected chi connectivity index (χ2v) is 6.18. The number of amides is 1. The van der Waals surface area contributed by atoms with E-state index in [9.17, 15) is 19.5 Å². The van der Waals surface area contributed by atoms with E-state index in [0.29, 0.717) is 5.57 Å². The summed E-state index contributed by atoms with van der Waals surface area (Å²) in [5.41, 5.74) is 0.592. The van der Waals surface area contributed by atoms with Gasteiger partial charge in [-0.1, -0.05) is 32.6 Å². The van der Waals surface area contributed by atoms with E-state index in [4.69, 9.17) is 4.74 Å². The number of nitrogens with zero attached hydrogens (tertiary/aromatic N) is 1. The topological polar surface area (TPSA) is 83.9 Å². The van der Waals surface area contributed by atoms with E-state index in [1.54, 1.807) is 6.92 Å². The number of Topliss-reactive ketones (excluding diaryl/α,β-unsaturated/α-hetero) is 1. The monoisotopic (exact) mass is 333 g/mol. The van der Waals surface area contributed by atoms with Crippen molar-refractivity contribution in [3.05, 3.63) is 36.6 Å². The van der Waals surface area contributed by atoms with Crippen LogP contribution in [0, 0.1) is 17.8 Å². The minimum atomic E-state index is -0.648. The molecule has 6 heteroatoms. The molecule has 0 aromatic rings. The Hall–Kier alpha value is -2.21. The Morgan fingerprint density at radius 1 is 1.38 bits per heavy atom. The minimum Gasteiger partial charge on any atom is -0.457 e. The van der Waals surface area contributed by atoms with Crippen molar-refractivity contribution in [1.82, 2.24) is 4.90 Å². The number of β-lactam (4-membered cyclic amide) rings is 1. The average Bonchev–Trinajstić information content (AvgIpc) is 2.81. The fourth-order valence-electron chi connectivity index (χ4n) is 3.59. The molecular weight excluding hydrogens is 310 g/mol. The van der Waals surface area contributed by atoms with Gasteiger partial charge in [0.15, 0.2) is 0 Å². The van der Waals surface area contributed by atoms with Gasteiger partial charge in [0.05, 0.1) is 18.6 Å². The van der Waals surface area contributed by atoms with Gasteiger partial charge in [0.25, 0.3) is 0 Å². The SMILES string of the molecule is C=CCOC(=O)C1=C(CO)C(C)C2C(C(C)C(=O)CC=C)C(=O)N12. The number of carbonyl (C=O) groups excluding carboxylic acids is 3. The molecule has 0 saturated carbocycles. The van der Waals surface area contributed by atoms with Crippen LogP contribution in [0.4, 0.5) is 0 Å². The maximum absolute atomic E-state index is 12.6. The zero-order chi connectivity index (χ0) is 18.0. The molecule has 2 aliphatic heterocycles. The van der Waals surface area contributed by atoms with Crippen molar-refractivity contribution in [2.45, 2.75) is 26.3 Å². The Balaban J connectivity index is 2.26. The molecule has 1 amide bonds. The fourth-order valence-corrected chi connectivity index (χ4v) is 3.59. The van der Waals surface area contributed by atoms with E-state index in [1.807, 2.05) is 6.92 Å². The predicted molar refractivity (Wildman–Crippen MR) is 87.5 cm³/mol. The number of carbonyl (C=O) groups is 3. The van der Waals surface area contributed by atoms with Gasteiger partial charge < -0.3 is 14.7 Å². The van der Waals surface area contributed by atoms with Gasteiger partial charge in [0, 0.05) is 18.3 Å². The zero-order valence-corrected chi connectivity index (χ0v) is 14.0. The van der Waals surface area contributed by atoms with Crippen LogP contribution >= 0.6 is 0 Å². The number of ether oxygens (including phenoxy) is 1. The van der Waals surface area contributed by atoms with Gasteiger partial charge >= 0.3 is 5.97 Å². The summed E-state index contributed by atoms with van der Waals surface area (Å²) >= 11 is 0. The maximum atomic E-state index is 12.6. The second kappa shape index (κ2) is 7.13. The summed E-state index contributed by atoms with van der Waals surface area (Å²) < 4.78 is 5.04. The molecule has 0 bridgehead atoms. The molecule has 4 atom stereocenters. The van der Waals surface area contributed by atoms with Crippen LogP contribution in [0.3, 0.4) is 0 Å². The lowest BCUT2D eigenvalue weighted by Crippen LogP contribution is -2.63. The molecule has 0 aromatic heterocycles. The molecule has 0 radical (unpaired) electrons. The van der Waals surface area contributed by atoms with Crippen LogP contribution < -0.4 is 0 Å². The molecule has 2 rings (SSSR count). The van der Waals surface area contributed by atoms with E-state index in [2.05, 4.69) is 13.2 Å². The van der Waals surface area contributed by atoms with Crippen LogP contribution in [0.2, 0.25) is 0 Å². The average molecular weight is 333 g/mol. The van der Waals surface area contributed by atoms with Crippen molar-refractivity contribution in [1.29, 1.82) is 0 Å². The number of aliphatic hydroxyl groups is 1. The lowest BCUT2D eigenvalue weighted by atomic mass is 9.72. The van der Waals surface area contributed by atoms with E-state index in [1.165, 1.54) is 17.1 Å². The summed E-state index contributed by atoms with van der Waals surface area (Å²) in [5, 5.41) is 9.65. The van der Waals surface area contributed by atoms with Crippen LogP contribution in [-0.2, 0) is 19.1 Å². The van der Waals surface area contributed by atoms with Crippen LogP contribution in [0.15, 0.2) is 36.6 Å². The lowest BCUT2D eigenvalue weighted by Gasteiger charge is -2.47. The maximum Gasteiger partial charge on any atom is 0.355 e. The quantitative estimate of drug-likeness (QED) is 0.410. The first kappa shape index (κ1) is 18.1. The van der Waals surface area contributed by atoms with Gasteiger partial charge in [-0.3, -0.25) is 9.59 Å². The van der Waals surface area contributed by atoms with Crippen molar-refractivity contribution in [2.75, 3.05) is 13.2 Å². The van der Waals surface area contributed by atoms with Crippen LogP contribution in [0.5, 0.6) is 0 Å². The zero-order valence-electron chi connectivity index (χ0n) is 14.0. The first-order valence-corrected chi connectivity index (χ1v) is 7.99. The first-order chi connectivity index (χ1) is 11.4. The van der Waals surface area contributed by atoms with Crippen LogP contribution in [0.25, 0.3) is 0 Å². The summed E-state index contributed by atoms with van der Waals surface area (Å²) in [6, 6.07) is -0.297. The standard InChI is InChI=1S/C18H23NO5/c1-5-7-13(21)11(4)14-15-10(3)12(9-20)16(19(15)17(14)22)18(23)24-8-6-2/h5-6,10-11,14-15,20H,1-2,7-9H2,3-4H3. The Morgan fingerprint density at radius 2 is 2.04 bits per heavy atom. The van der Waals surface area contributed by atoms with Crippen molar-refractivity contribution < 1.29 is 24.2 Å². The number of allylic oxidation sites excluding steroid dienone is 1. The van der Waals surface area contributed by atoms with E-state index in [-0.39, 0.29) is 49.0 Å². The van der Waals surface area contributed by atoms with Gasteiger partial charge in [-0.05, 0) is 5.57 Å². The Kier molecular flexibility index (Phi) is 5.39. The third-order valence-corrected chi connectivity index (χ3v) is 4.88. The number of rotatable bonds is 8. The minimum absolute atomic E-state index is 0.0276. The summed E-state index contributed by atoms with van der Waals surface area (Å²) in [7, 11) is 0. The predicted octanol–water partition coefficient (Wildman–Crippen LogP) is 1.22. The summed E-state index contributed by atoms with van der Waals surface area (Å²) in [4.78, 5) is 38.3. The first-order valence-electron chi connectivity index (χ1n) is 7.99. The molecule has 130 valence electrons. The Bertz CT molecular complexity index is 621. The highest BCUT2D eigenvalue weighted by molar-refractivity contribution is 6.02. The highest BCUT2D eigenvalue weighted by Crippen LogP contribution is 2.48. The van der Waals surface area contributed by atoms with Crippen molar-refractivity contribution in [2.24, 2.45) is 17.8 Å². The largest absolute Gasteiger partial charge is 0.457 e. The number of aliphatic hydroxyl groups excluding tert-OH is 1. The molecule has 6 nitrogen and oxygen atoms in total. The van der Waals surface area contributed by atoms with Crippen molar-refractivity contribution >= 4 is 17.7 Å². The van der Waals surface area contributed by atoms with Gasteiger partial charge in [-0.25, -0.2) is 4.79 Å². The van der Waals surface area contributed by atoms with Gasteiger partial charge in [-0.15, -0.1) is 6.58 Å². The Labute approximate surface area is 141 Å². The second-order valence-electron chi connectivity index (χ2n) is 6.18. The molecule has 0 spiro atoms. The molecule has 2 aliphatic rings. The molecule has 24 heavy (non-hydrogen) atoms. The molecule has 0 aromatic carbocycles. The normalized spacial score (nSPS) is 26.5. The number of hydrogen-bond donors (Lipinski definition) is 1. The van der Waals surface area contributed by atoms with Crippen LogP contribution in [0.1, 0.15) is 20.3 Å². The smallest absolute Gasteiger partial charge is 0.355 e. The highest BCUT2D eigenvalue weighted by Gasteiger charge is 2.60. The molecular formula is C18H23NO5. The molecule has 1 fully saturated rings. The van der Waals surface area contributed by atoms with Crippen molar-refractivity contribution in [3.8, 4) is 0 Å².